The molecule has 0 aliphatic heterocycles. The Morgan fingerprint density at radius 3 is 2.50 bits per heavy atom. The Labute approximate surface area is 118 Å². The molecule has 1 heterocycles. The molecule has 1 unspecified atom stereocenters. The van der Waals surface area contributed by atoms with Crippen molar-refractivity contribution < 1.29 is 0 Å². The van der Waals surface area contributed by atoms with Crippen molar-refractivity contribution in [3.05, 3.63) is 57.2 Å². The standard InChI is InChI=1S/C15H18ClNS/c1-17-11-13(9-12-5-3-2-4-6-12)10-14-7-8-15(16)18-14/h2-8,13,17H,9-11H2,1H3. The summed E-state index contributed by atoms with van der Waals surface area (Å²) in [5, 5.41) is 3.29. The van der Waals surface area contributed by atoms with E-state index in [2.05, 4.69) is 41.7 Å². The average Bonchev–Trinajstić information content (AvgIpc) is 2.76. The van der Waals surface area contributed by atoms with Crippen molar-refractivity contribution in [1.82, 2.24) is 5.32 Å². The maximum absolute atomic E-state index is 5.98. The molecule has 1 N–H and O–H groups in total. The monoisotopic (exact) mass is 279 g/mol. The molecule has 1 atom stereocenters. The zero-order valence-corrected chi connectivity index (χ0v) is 12.1. The molecule has 0 saturated carbocycles. The Morgan fingerprint density at radius 1 is 1.11 bits per heavy atom. The lowest BCUT2D eigenvalue weighted by atomic mass is 9.95. The van der Waals surface area contributed by atoms with Crippen molar-refractivity contribution in [3.63, 3.8) is 0 Å². The molecule has 18 heavy (non-hydrogen) atoms. The van der Waals surface area contributed by atoms with E-state index in [1.165, 1.54) is 10.4 Å². The van der Waals surface area contributed by atoms with Crippen molar-refractivity contribution in [1.29, 1.82) is 0 Å². The molecule has 0 bridgehead atoms. The van der Waals surface area contributed by atoms with Crippen LogP contribution in [0.2, 0.25) is 4.34 Å². The third-order valence-electron chi connectivity index (χ3n) is 2.98. The van der Waals surface area contributed by atoms with Crippen LogP contribution in [0.1, 0.15) is 10.4 Å². The number of halogens is 1. The van der Waals surface area contributed by atoms with Crippen LogP contribution < -0.4 is 5.32 Å². The van der Waals surface area contributed by atoms with Crippen LogP contribution in [-0.2, 0) is 12.8 Å². The van der Waals surface area contributed by atoms with Gasteiger partial charge in [0, 0.05) is 4.88 Å². The normalized spacial score (nSPS) is 12.6. The van der Waals surface area contributed by atoms with E-state index < -0.39 is 0 Å². The van der Waals surface area contributed by atoms with Gasteiger partial charge < -0.3 is 5.32 Å². The van der Waals surface area contributed by atoms with Crippen molar-refractivity contribution in [2.24, 2.45) is 5.92 Å². The highest BCUT2D eigenvalue weighted by molar-refractivity contribution is 7.16. The van der Waals surface area contributed by atoms with Gasteiger partial charge in [0.15, 0.2) is 0 Å². The predicted octanol–water partition coefficient (Wildman–Crippen LogP) is 4.02. The van der Waals surface area contributed by atoms with E-state index in [1.54, 1.807) is 11.3 Å². The van der Waals surface area contributed by atoms with E-state index in [4.69, 9.17) is 11.6 Å². The molecule has 1 nitrogen and oxygen atoms in total. The maximum atomic E-state index is 5.98. The minimum absolute atomic E-state index is 0.618. The van der Waals surface area contributed by atoms with Gasteiger partial charge in [-0.2, -0.15) is 0 Å². The SMILES string of the molecule is CNCC(Cc1ccccc1)Cc1ccc(Cl)s1. The Morgan fingerprint density at radius 2 is 1.89 bits per heavy atom. The molecule has 0 radical (unpaired) electrons. The van der Waals surface area contributed by atoms with Crippen molar-refractivity contribution >= 4 is 22.9 Å². The summed E-state index contributed by atoms with van der Waals surface area (Å²) in [6.45, 7) is 1.03. The molecule has 1 aromatic heterocycles. The summed E-state index contributed by atoms with van der Waals surface area (Å²) in [5.41, 5.74) is 1.40. The highest BCUT2D eigenvalue weighted by Gasteiger charge is 2.11. The van der Waals surface area contributed by atoms with E-state index in [-0.39, 0.29) is 0 Å². The zero-order chi connectivity index (χ0) is 12.8. The van der Waals surface area contributed by atoms with Gasteiger partial charge in [-0.15, -0.1) is 11.3 Å². The smallest absolute Gasteiger partial charge is 0.0931 e. The summed E-state index contributed by atoms with van der Waals surface area (Å²) in [5.74, 6) is 0.618. The summed E-state index contributed by atoms with van der Waals surface area (Å²) in [4.78, 5) is 1.37. The van der Waals surface area contributed by atoms with Crippen LogP contribution in [0.4, 0.5) is 0 Å². The molecule has 1 aromatic carbocycles. The minimum Gasteiger partial charge on any atom is -0.319 e. The molecular weight excluding hydrogens is 262 g/mol. The summed E-state index contributed by atoms with van der Waals surface area (Å²) >= 11 is 7.67. The van der Waals surface area contributed by atoms with Crippen LogP contribution in [0.5, 0.6) is 0 Å². The lowest BCUT2D eigenvalue weighted by molar-refractivity contribution is 0.496. The van der Waals surface area contributed by atoms with Gasteiger partial charge >= 0.3 is 0 Å². The molecule has 96 valence electrons. The summed E-state index contributed by atoms with van der Waals surface area (Å²) in [6, 6.07) is 14.8. The van der Waals surface area contributed by atoms with Crippen LogP contribution >= 0.6 is 22.9 Å². The zero-order valence-electron chi connectivity index (χ0n) is 10.5. The van der Waals surface area contributed by atoms with Gasteiger partial charge in [0.05, 0.1) is 4.34 Å². The van der Waals surface area contributed by atoms with Gasteiger partial charge in [0.2, 0.25) is 0 Å². The van der Waals surface area contributed by atoms with E-state index >= 15 is 0 Å². The number of nitrogens with one attached hydrogen (secondary N) is 1. The second kappa shape index (κ2) is 6.93. The fourth-order valence-electron chi connectivity index (χ4n) is 2.20. The van der Waals surface area contributed by atoms with Crippen molar-refractivity contribution in [3.8, 4) is 0 Å². The third-order valence-corrected chi connectivity index (χ3v) is 4.23. The van der Waals surface area contributed by atoms with Crippen LogP contribution in [0.15, 0.2) is 42.5 Å². The van der Waals surface area contributed by atoms with Crippen molar-refractivity contribution in [2.75, 3.05) is 13.6 Å². The van der Waals surface area contributed by atoms with Gasteiger partial charge in [-0.05, 0) is 50.0 Å². The first-order valence-corrected chi connectivity index (χ1v) is 7.40. The number of hydrogen-bond donors (Lipinski definition) is 1. The first kappa shape index (κ1) is 13.6. The fraction of sp³-hybridized carbons (Fsp3) is 0.333. The van der Waals surface area contributed by atoms with E-state index in [0.717, 1.165) is 23.7 Å². The quantitative estimate of drug-likeness (QED) is 0.842. The number of hydrogen-bond acceptors (Lipinski definition) is 2. The Bertz CT molecular complexity index is 466. The van der Waals surface area contributed by atoms with Crippen LogP contribution in [0.3, 0.4) is 0 Å². The van der Waals surface area contributed by atoms with Crippen LogP contribution in [-0.4, -0.2) is 13.6 Å². The molecular formula is C15H18ClNS. The van der Waals surface area contributed by atoms with Gasteiger partial charge in [-0.3, -0.25) is 0 Å². The van der Waals surface area contributed by atoms with Crippen molar-refractivity contribution in [2.45, 2.75) is 12.8 Å². The lowest BCUT2D eigenvalue weighted by Gasteiger charge is -2.15. The molecule has 0 fully saturated rings. The fourth-order valence-corrected chi connectivity index (χ4v) is 3.40. The predicted molar refractivity (Wildman–Crippen MR) is 80.6 cm³/mol. The molecule has 2 aromatic rings. The van der Waals surface area contributed by atoms with E-state index in [1.807, 2.05) is 13.1 Å². The number of rotatable bonds is 6. The van der Waals surface area contributed by atoms with Gasteiger partial charge in [-0.1, -0.05) is 41.9 Å². The molecule has 0 saturated heterocycles. The topological polar surface area (TPSA) is 12.0 Å². The molecule has 0 aliphatic carbocycles. The summed E-state index contributed by atoms with van der Waals surface area (Å²) in [6.07, 6.45) is 2.20. The molecule has 2 rings (SSSR count). The molecule has 0 aliphatic rings. The van der Waals surface area contributed by atoms with Crippen LogP contribution in [0.25, 0.3) is 0 Å². The second-order valence-corrected chi connectivity index (χ2v) is 6.32. The first-order valence-electron chi connectivity index (χ1n) is 6.20. The minimum atomic E-state index is 0.618. The summed E-state index contributed by atoms with van der Waals surface area (Å²) in [7, 11) is 2.01. The third kappa shape index (κ3) is 4.13. The van der Waals surface area contributed by atoms with E-state index in [0.29, 0.717) is 5.92 Å². The Kier molecular flexibility index (Phi) is 5.24. The Hall–Kier alpha value is -0.830. The molecule has 0 amide bonds. The first-order chi connectivity index (χ1) is 8.78. The van der Waals surface area contributed by atoms with Gasteiger partial charge in [0.25, 0.3) is 0 Å². The molecule has 0 spiro atoms. The largest absolute Gasteiger partial charge is 0.319 e. The second-order valence-electron chi connectivity index (χ2n) is 4.52. The number of benzene rings is 1. The highest BCUT2D eigenvalue weighted by Crippen LogP contribution is 2.24. The Balaban J connectivity index is 1.99. The van der Waals surface area contributed by atoms with Gasteiger partial charge in [0.1, 0.15) is 0 Å². The van der Waals surface area contributed by atoms with Crippen LogP contribution in [0, 0.1) is 5.92 Å². The summed E-state index contributed by atoms with van der Waals surface area (Å²) < 4.78 is 0.882. The maximum Gasteiger partial charge on any atom is 0.0931 e. The highest BCUT2D eigenvalue weighted by atomic mass is 35.5. The van der Waals surface area contributed by atoms with Gasteiger partial charge in [-0.25, -0.2) is 0 Å². The lowest BCUT2D eigenvalue weighted by Crippen LogP contribution is -2.22. The number of thiophene rings is 1. The van der Waals surface area contributed by atoms with E-state index in [9.17, 15) is 0 Å². The average molecular weight is 280 g/mol. The molecule has 3 heteroatoms.